The van der Waals surface area contributed by atoms with Crippen LogP contribution in [-0.4, -0.2) is 50.7 Å². The number of hydrogen-bond acceptors (Lipinski definition) is 3. The number of rotatable bonds is 5. The van der Waals surface area contributed by atoms with E-state index in [1.165, 1.54) is 10.5 Å². The molecule has 0 saturated carbocycles. The molecule has 0 radical (unpaired) electrons. The summed E-state index contributed by atoms with van der Waals surface area (Å²) in [5, 5.41) is 10.1. The minimum absolute atomic E-state index is 0.151. The molecule has 0 amide bonds. The number of morpholine rings is 1. The van der Waals surface area contributed by atoms with E-state index < -0.39 is 6.10 Å². The minimum atomic E-state index is -0.430. The van der Waals surface area contributed by atoms with Crippen LogP contribution in [0.5, 0.6) is 5.75 Å². The van der Waals surface area contributed by atoms with Crippen LogP contribution in [0.4, 0.5) is 0 Å². The monoisotopic (exact) mass is 294 g/mol. The summed E-state index contributed by atoms with van der Waals surface area (Å²) in [6, 6.07) is 8.15. The van der Waals surface area contributed by atoms with Crippen molar-refractivity contribution in [3.8, 4) is 5.75 Å². The van der Waals surface area contributed by atoms with Crippen molar-refractivity contribution >= 4 is 0 Å². The van der Waals surface area contributed by atoms with Gasteiger partial charge >= 0.3 is 0 Å². The fourth-order valence-corrected chi connectivity index (χ4v) is 2.50. The molecule has 21 heavy (non-hydrogen) atoms. The Bertz CT molecular complexity index is 419. The molecule has 4 nitrogen and oxygen atoms in total. The molecule has 118 valence electrons. The van der Waals surface area contributed by atoms with Gasteiger partial charge in [-0.15, -0.1) is 0 Å². The molecular weight excluding hydrogens is 266 g/mol. The van der Waals surface area contributed by atoms with Gasteiger partial charge in [-0.05, 0) is 23.1 Å². The fraction of sp³-hybridized carbons (Fsp3) is 0.647. The first-order valence-corrected chi connectivity index (χ1v) is 7.78. The summed E-state index contributed by atoms with van der Waals surface area (Å²) < 4.78 is 11.0. The Kier molecular flexibility index (Phi) is 5.62. The Hall–Kier alpha value is -1.10. The van der Waals surface area contributed by atoms with Crippen molar-refractivity contribution < 1.29 is 19.5 Å². The molecule has 1 aliphatic heterocycles. The van der Waals surface area contributed by atoms with E-state index in [2.05, 4.69) is 32.9 Å². The van der Waals surface area contributed by atoms with E-state index in [0.29, 0.717) is 6.61 Å². The molecule has 0 aliphatic carbocycles. The van der Waals surface area contributed by atoms with Gasteiger partial charge < -0.3 is 19.5 Å². The lowest BCUT2D eigenvalue weighted by Gasteiger charge is -2.25. The van der Waals surface area contributed by atoms with Gasteiger partial charge in [0.1, 0.15) is 38.1 Å². The highest BCUT2D eigenvalue weighted by molar-refractivity contribution is 5.31. The van der Waals surface area contributed by atoms with Crippen molar-refractivity contribution in [1.82, 2.24) is 0 Å². The first-order chi connectivity index (χ1) is 9.95. The minimum Gasteiger partial charge on any atom is -0.491 e. The maximum atomic E-state index is 10.1. The van der Waals surface area contributed by atoms with Gasteiger partial charge in [0.05, 0.1) is 13.2 Å². The zero-order valence-corrected chi connectivity index (χ0v) is 13.4. The van der Waals surface area contributed by atoms with Crippen molar-refractivity contribution in [1.29, 1.82) is 0 Å². The Morgan fingerprint density at radius 2 is 1.81 bits per heavy atom. The average molecular weight is 294 g/mol. The molecule has 1 aromatic carbocycles. The Morgan fingerprint density at radius 3 is 2.38 bits per heavy atom. The third kappa shape index (κ3) is 5.30. The zero-order chi connectivity index (χ0) is 15.3. The van der Waals surface area contributed by atoms with Crippen LogP contribution in [-0.2, 0) is 10.2 Å². The van der Waals surface area contributed by atoms with Gasteiger partial charge in [0.25, 0.3) is 0 Å². The molecule has 1 saturated heterocycles. The lowest BCUT2D eigenvalue weighted by molar-refractivity contribution is -0.911. The summed E-state index contributed by atoms with van der Waals surface area (Å²) in [5.41, 5.74) is 1.44. The first kappa shape index (κ1) is 16.3. The topological polar surface area (TPSA) is 43.1 Å². The molecule has 0 aromatic heterocycles. The molecule has 4 heteroatoms. The number of aliphatic hydroxyl groups is 1. The number of benzene rings is 1. The van der Waals surface area contributed by atoms with Crippen molar-refractivity contribution in [2.24, 2.45) is 0 Å². The van der Waals surface area contributed by atoms with E-state index in [4.69, 9.17) is 9.47 Å². The van der Waals surface area contributed by atoms with E-state index in [-0.39, 0.29) is 5.41 Å². The Morgan fingerprint density at radius 1 is 1.19 bits per heavy atom. The highest BCUT2D eigenvalue weighted by atomic mass is 16.5. The van der Waals surface area contributed by atoms with E-state index in [0.717, 1.165) is 38.6 Å². The number of hydrogen-bond donors (Lipinski definition) is 2. The van der Waals surface area contributed by atoms with E-state index in [1.807, 2.05) is 12.1 Å². The maximum absolute atomic E-state index is 10.1. The summed E-state index contributed by atoms with van der Waals surface area (Å²) in [6.45, 7) is 11.2. The average Bonchev–Trinajstić information content (AvgIpc) is 2.46. The van der Waals surface area contributed by atoms with Crippen LogP contribution in [0.1, 0.15) is 26.3 Å². The van der Waals surface area contributed by atoms with Gasteiger partial charge in [-0.2, -0.15) is 0 Å². The highest BCUT2D eigenvalue weighted by Gasteiger charge is 2.19. The lowest BCUT2D eigenvalue weighted by atomic mass is 9.87. The van der Waals surface area contributed by atoms with Crippen LogP contribution < -0.4 is 9.64 Å². The summed E-state index contributed by atoms with van der Waals surface area (Å²) in [4.78, 5) is 1.39. The van der Waals surface area contributed by atoms with Gasteiger partial charge in [0.2, 0.25) is 0 Å². The zero-order valence-electron chi connectivity index (χ0n) is 13.4. The Labute approximate surface area is 127 Å². The van der Waals surface area contributed by atoms with Crippen LogP contribution in [0.2, 0.25) is 0 Å². The quantitative estimate of drug-likeness (QED) is 0.837. The summed E-state index contributed by atoms with van der Waals surface area (Å²) in [6.07, 6.45) is -0.430. The van der Waals surface area contributed by atoms with Crippen molar-refractivity contribution in [3.63, 3.8) is 0 Å². The second kappa shape index (κ2) is 7.25. The van der Waals surface area contributed by atoms with Crippen LogP contribution >= 0.6 is 0 Å². The Balaban J connectivity index is 1.76. The van der Waals surface area contributed by atoms with Gasteiger partial charge in [-0.25, -0.2) is 0 Å². The van der Waals surface area contributed by atoms with E-state index in [9.17, 15) is 5.11 Å². The number of quaternary nitrogens is 1. The summed E-state index contributed by atoms with van der Waals surface area (Å²) in [5.74, 6) is 0.819. The van der Waals surface area contributed by atoms with Crippen molar-refractivity contribution in [2.75, 3.05) is 39.5 Å². The molecule has 2 rings (SSSR count). The molecule has 1 aliphatic rings. The van der Waals surface area contributed by atoms with Gasteiger partial charge in [0.15, 0.2) is 0 Å². The second-order valence-corrected chi connectivity index (χ2v) is 6.81. The van der Waals surface area contributed by atoms with Crippen molar-refractivity contribution in [3.05, 3.63) is 29.8 Å². The fourth-order valence-electron chi connectivity index (χ4n) is 2.50. The molecule has 0 unspecified atom stereocenters. The molecule has 1 atom stereocenters. The highest BCUT2D eigenvalue weighted by Crippen LogP contribution is 2.24. The van der Waals surface area contributed by atoms with E-state index >= 15 is 0 Å². The largest absolute Gasteiger partial charge is 0.491 e. The van der Waals surface area contributed by atoms with Crippen LogP contribution in [0.25, 0.3) is 0 Å². The smallest absolute Gasteiger partial charge is 0.137 e. The number of aliphatic hydroxyl groups excluding tert-OH is 1. The van der Waals surface area contributed by atoms with Gasteiger partial charge in [0, 0.05) is 0 Å². The third-order valence-corrected chi connectivity index (χ3v) is 3.89. The van der Waals surface area contributed by atoms with Crippen LogP contribution in [0, 0.1) is 0 Å². The molecule has 1 fully saturated rings. The number of nitrogens with one attached hydrogen (secondary N) is 1. The standard InChI is InChI=1S/C17H27NO3/c1-17(2,3)14-4-6-16(7-5-14)21-13-15(19)12-18-8-10-20-11-9-18/h4-7,15,19H,8-13H2,1-3H3/p+1/t15-/m0/s1. The van der Waals surface area contributed by atoms with Crippen LogP contribution in [0.15, 0.2) is 24.3 Å². The van der Waals surface area contributed by atoms with Gasteiger partial charge in [-0.3, -0.25) is 0 Å². The molecule has 1 heterocycles. The number of ether oxygens (including phenoxy) is 2. The first-order valence-electron chi connectivity index (χ1n) is 7.78. The maximum Gasteiger partial charge on any atom is 0.137 e. The predicted molar refractivity (Wildman–Crippen MR) is 83.0 cm³/mol. The predicted octanol–water partition coefficient (Wildman–Crippen LogP) is 0.639. The molecule has 2 N–H and O–H groups in total. The second-order valence-electron chi connectivity index (χ2n) is 6.81. The SMILES string of the molecule is CC(C)(C)c1ccc(OC[C@@H](O)C[NH+]2CCOCC2)cc1. The third-order valence-electron chi connectivity index (χ3n) is 3.89. The lowest BCUT2D eigenvalue weighted by Crippen LogP contribution is -3.15. The summed E-state index contributed by atoms with van der Waals surface area (Å²) in [7, 11) is 0. The van der Waals surface area contributed by atoms with Gasteiger partial charge in [-0.1, -0.05) is 32.9 Å². The summed E-state index contributed by atoms with van der Waals surface area (Å²) >= 11 is 0. The van der Waals surface area contributed by atoms with E-state index in [1.54, 1.807) is 0 Å². The normalized spacial score (nSPS) is 18.5. The molecule has 1 aromatic rings. The van der Waals surface area contributed by atoms with Crippen LogP contribution in [0.3, 0.4) is 0 Å². The molecule has 0 spiro atoms. The van der Waals surface area contributed by atoms with Crippen molar-refractivity contribution in [2.45, 2.75) is 32.3 Å². The molecule has 0 bridgehead atoms. The molecular formula is C17H28NO3+.